The van der Waals surface area contributed by atoms with Gasteiger partial charge in [0.05, 0.1) is 6.10 Å². The number of ketones is 1. The Morgan fingerprint density at radius 2 is 2.22 bits per heavy atom. The normalized spacial score (nSPS) is 32.1. The predicted octanol–water partition coefficient (Wildman–Crippen LogP) is 4.72. The number of aliphatic hydroxyl groups is 1. The van der Waals surface area contributed by atoms with Gasteiger partial charge >= 0.3 is 0 Å². The Kier molecular flexibility index (Phi) is 6.43. The third kappa shape index (κ3) is 5.22. The molecule has 1 fully saturated rings. The second kappa shape index (κ2) is 8.32. The Balaban J connectivity index is 1.99. The molecule has 1 saturated carbocycles. The monoisotopic (exact) mass is 328 g/mol. The van der Waals surface area contributed by atoms with Crippen LogP contribution in [0.3, 0.4) is 0 Å². The van der Waals surface area contributed by atoms with Crippen LogP contribution in [0.25, 0.3) is 0 Å². The maximum absolute atomic E-state index is 11.5. The van der Waals surface area contributed by atoms with Gasteiger partial charge in [0.1, 0.15) is 0 Å². The van der Waals surface area contributed by atoms with E-state index in [-0.39, 0.29) is 17.6 Å². The van der Waals surface area contributed by atoms with Crippen LogP contribution in [0.15, 0.2) is 71.1 Å². The maximum Gasteiger partial charge on any atom is 0.158 e. The summed E-state index contributed by atoms with van der Waals surface area (Å²) in [5.41, 5.74) is 1.85. The zero-order chi connectivity index (χ0) is 16.8. The Bertz CT molecular complexity index is 607. The van der Waals surface area contributed by atoms with Crippen LogP contribution in [0.5, 0.6) is 0 Å². The van der Waals surface area contributed by atoms with E-state index in [4.69, 9.17) is 0 Å². The molecule has 23 heavy (non-hydrogen) atoms. The molecule has 0 spiro atoms. The molecule has 0 aromatic heterocycles. The zero-order valence-electron chi connectivity index (χ0n) is 13.6. The van der Waals surface area contributed by atoms with E-state index in [2.05, 4.69) is 31.6 Å². The summed E-state index contributed by atoms with van der Waals surface area (Å²) in [4.78, 5) is 12.5. The van der Waals surface area contributed by atoms with Gasteiger partial charge in [-0.1, -0.05) is 67.8 Å². The van der Waals surface area contributed by atoms with Crippen molar-refractivity contribution in [3.05, 3.63) is 71.1 Å². The summed E-state index contributed by atoms with van der Waals surface area (Å²) in [5.74, 6) is 0.501. The molecular formula is C20H24O2S. The van der Waals surface area contributed by atoms with Gasteiger partial charge in [-0.05, 0) is 35.8 Å². The number of carbonyl (C=O) groups is 1. The molecule has 0 aromatic carbocycles. The minimum absolute atomic E-state index is 0.0855. The first-order valence-electron chi connectivity index (χ1n) is 7.95. The van der Waals surface area contributed by atoms with Crippen LogP contribution in [0.1, 0.15) is 26.2 Å². The van der Waals surface area contributed by atoms with Crippen LogP contribution in [0.2, 0.25) is 0 Å². The van der Waals surface area contributed by atoms with Gasteiger partial charge in [0, 0.05) is 17.2 Å². The van der Waals surface area contributed by atoms with Crippen LogP contribution in [-0.4, -0.2) is 17.0 Å². The number of thioether (sulfide) groups is 1. The van der Waals surface area contributed by atoms with E-state index in [0.717, 1.165) is 11.3 Å². The minimum atomic E-state index is -0.553. The second-order valence-corrected chi connectivity index (χ2v) is 7.06. The molecule has 0 radical (unpaired) electrons. The third-order valence-electron chi connectivity index (χ3n) is 4.24. The molecule has 3 atom stereocenters. The number of hydrogen-bond donors (Lipinski definition) is 1. The molecule has 1 aliphatic carbocycles. The highest BCUT2D eigenvalue weighted by Gasteiger charge is 2.24. The number of allylic oxidation sites excluding steroid dienone is 6. The molecule has 0 aromatic rings. The van der Waals surface area contributed by atoms with Crippen LogP contribution >= 0.6 is 11.8 Å². The summed E-state index contributed by atoms with van der Waals surface area (Å²) in [6, 6.07) is 0. The lowest BCUT2D eigenvalue weighted by Crippen LogP contribution is -2.08. The lowest BCUT2D eigenvalue weighted by molar-refractivity contribution is -0.114. The number of hydrogen-bond acceptors (Lipinski definition) is 3. The Morgan fingerprint density at radius 1 is 1.43 bits per heavy atom. The SMILES string of the molecule is C=C1/C=C\C=C/C(C)/C(CC(O)/C=C/[C@H]2CCC(=O)C2=C)=C\S1. The minimum Gasteiger partial charge on any atom is -0.389 e. The van der Waals surface area contributed by atoms with Gasteiger partial charge in [-0.15, -0.1) is 0 Å². The van der Waals surface area contributed by atoms with Crippen LogP contribution < -0.4 is 0 Å². The van der Waals surface area contributed by atoms with Gasteiger partial charge in [-0.3, -0.25) is 4.79 Å². The molecule has 0 amide bonds. The number of rotatable bonds is 4. The molecule has 1 N–H and O–H groups in total. The lowest BCUT2D eigenvalue weighted by Gasteiger charge is -2.15. The fourth-order valence-corrected chi connectivity index (χ4v) is 3.43. The molecule has 2 nitrogen and oxygen atoms in total. The highest BCUT2D eigenvalue weighted by molar-refractivity contribution is 8.06. The van der Waals surface area contributed by atoms with Crippen molar-refractivity contribution >= 4 is 17.5 Å². The highest BCUT2D eigenvalue weighted by Crippen LogP contribution is 2.29. The van der Waals surface area contributed by atoms with Gasteiger partial charge in [0.2, 0.25) is 0 Å². The highest BCUT2D eigenvalue weighted by atomic mass is 32.2. The van der Waals surface area contributed by atoms with Crippen molar-refractivity contribution in [1.82, 2.24) is 0 Å². The zero-order valence-corrected chi connectivity index (χ0v) is 14.4. The van der Waals surface area contributed by atoms with Crippen molar-refractivity contribution in [3.63, 3.8) is 0 Å². The molecule has 1 heterocycles. The van der Waals surface area contributed by atoms with Gasteiger partial charge < -0.3 is 5.11 Å². The molecule has 3 heteroatoms. The first-order chi connectivity index (χ1) is 11.0. The topological polar surface area (TPSA) is 37.3 Å². The second-order valence-electron chi connectivity index (χ2n) is 6.06. The van der Waals surface area contributed by atoms with E-state index >= 15 is 0 Å². The molecule has 2 unspecified atom stereocenters. The molecule has 0 saturated heterocycles. The molecule has 122 valence electrons. The first-order valence-corrected chi connectivity index (χ1v) is 8.83. The molecule has 0 bridgehead atoms. The molecular weight excluding hydrogens is 304 g/mol. The van der Waals surface area contributed by atoms with Gasteiger partial charge in [0.25, 0.3) is 0 Å². The van der Waals surface area contributed by atoms with E-state index in [9.17, 15) is 9.90 Å². The van der Waals surface area contributed by atoms with Crippen molar-refractivity contribution in [2.24, 2.45) is 11.8 Å². The smallest absolute Gasteiger partial charge is 0.158 e. The van der Waals surface area contributed by atoms with E-state index in [1.807, 2.05) is 24.3 Å². The van der Waals surface area contributed by atoms with Crippen molar-refractivity contribution in [2.45, 2.75) is 32.3 Å². The number of aliphatic hydroxyl groups excluding tert-OH is 1. The molecule has 1 aliphatic heterocycles. The summed E-state index contributed by atoms with van der Waals surface area (Å²) >= 11 is 1.59. The quantitative estimate of drug-likeness (QED) is 0.599. The molecule has 2 aliphatic rings. The first kappa shape index (κ1) is 17.8. The average Bonchev–Trinajstić information content (AvgIpc) is 2.87. The average molecular weight is 328 g/mol. The Hall–Kier alpha value is -1.58. The maximum atomic E-state index is 11.5. The number of carbonyl (C=O) groups excluding carboxylic acids is 1. The predicted molar refractivity (Wildman–Crippen MR) is 98.9 cm³/mol. The van der Waals surface area contributed by atoms with Gasteiger partial charge in [0.15, 0.2) is 5.78 Å². The van der Waals surface area contributed by atoms with Crippen LogP contribution in [0, 0.1) is 11.8 Å². The summed E-state index contributed by atoms with van der Waals surface area (Å²) in [7, 11) is 0. The van der Waals surface area contributed by atoms with E-state index in [1.165, 1.54) is 5.57 Å². The Labute approximate surface area is 143 Å². The summed E-state index contributed by atoms with van der Waals surface area (Å²) in [5, 5.41) is 12.4. The summed E-state index contributed by atoms with van der Waals surface area (Å²) in [6.07, 6.45) is 13.2. The van der Waals surface area contributed by atoms with E-state index < -0.39 is 6.10 Å². The summed E-state index contributed by atoms with van der Waals surface area (Å²) in [6.45, 7) is 9.94. The van der Waals surface area contributed by atoms with Crippen molar-refractivity contribution in [1.29, 1.82) is 0 Å². The summed E-state index contributed by atoms with van der Waals surface area (Å²) < 4.78 is 0. The largest absolute Gasteiger partial charge is 0.389 e. The Morgan fingerprint density at radius 3 is 2.91 bits per heavy atom. The number of Topliss-reactive ketones (excluding diaryl/α,β-unsaturated/α-hetero) is 1. The standard InChI is InChI=1S/C20H24O2S/c1-14-6-4-5-7-15(2)23-13-18(14)12-19(21)10-8-17-9-11-20(22)16(17)3/h4-8,10,13-14,17,19,21H,2-3,9,11-12H2,1H3/b6-4-,7-5-,10-8+,18-13-/t14?,17-,19?/m0/s1. The fourth-order valence-electron chi connectivity index (χ4n) is 2.66. The lowest BCUT2D eigenvalue weighted by atomic mass is 9.95. The van der Waals surface area contributed by atoms with Crippen molar-refractivity contribution in [3.8, 4) is 0 Å². The van der Waals surface area contributed by atoms with Gasteiger partial charge in [-0.25, -0.2) is 0 Å². The van der Waals surface area contributed by atoms with Crippen molar-refractivity contribution in [2.75, 3.05) is 0 Å². The van der Waals surface area contributed by atoms with E-state index in [1.54, 1.807) is 17.8 Å². The van der Waals surface area contributed by atoms with Gasteiger partial charge in [-0.2, -0.15) is 0 Å². The molecule has 2 rings (SSSR count). The van der Waals surface area contributed by atoms with E-state index in [0.29, 0.717) is 18.4 Å². The van der Waals surface area contributed by atoms with Crippen LogP contribution in [-0.2, 0) is 4.79 Å². The fraction of sp³-hybridized carbons (Fsp3) is 0.350. The van der Waals surface area contributed by atoms with Crippen molar-refractivity contribution < 1.29 is 9.90 Å². The third-order valence-corrected chi connectivity index (χ3v) is 5.10. The van der Waals surface area contributed by atoms with Crippen LogP contribution in [0.4, 0.5) is 0 Å².